The van der Waals surface area contributed by atoms with Crippen molar-refractivity contribution in [2.24, 2.45) is 0 Å². The molecule has 0 radical (unpaired) electrons. The van der Waals surface area contributed by atoms with Crippen LogP contribution in [0.1, 0.15) is 22.8 Å². The second-order valence-electron chi connectivity index (χ2n) is 7.71. The predicted molar refractivity (Wildman–Crippen MR) is 138 cm³/mol. The number of benzene rings is 3. The molecule has 3 amide bonds. The second-order valence-corrected chi connectivity index (χ2v) is 9.00. The van der Waals surface area contributed by atoms with Crippen LogP contribution in [0.25, 0.3) is 0 Å². The number of nitrogens with zero attached hydrogens (tertiary/aromatic N) is 2. The lowest BCUT2D eigenvalue weighted by molar-refractivity contribution is -0.120. The van der Waals surface area contributed by atoms with E-state index >= 15 is 0 Å². The zero-order chi connectivity index (χ0) is 24.4. The van der Waals surface area contributed by atoms with Gasteiger partial charge in [-0.25, -0.2) is 4.90 Å². The molecule has 3 aromatic rings. The van der Waals surface area contributed by atoms with Gasteiger partial charge in [-0.05, 0) is 74.0 Å². The molecule has 4 rings (SSSR count). The summed E-state index contributed by atoms with van der Waals surface area (Å²) in [6, 6.07) is 21.3. The molecule has 3 aromatic carbocycles. The maximum Gasteiger partial charge on any atom is 0.283 e. The fourth-order valence-corrected chi connectivity index (χ4v) is 4.18. The summed E-state index contributed by atoms with van der Waals surface area (Å²) in [5, 5.41) is 2.73. The minimum atomic E-state index is -0.611. The summed E-state index contributed by atoms with van der Waals surface area (Å²) in [6.07, 6.45) is 0. The van der Waals surface area contributed by atoms with Gasteiger partial charge in [-0.3, -0.25) is 14.4 Å². The van der Waals surface area contributed by atoms with Gasteiger partial charge in [0.25, 0.3) is 17.7 Å². The summed E-state index contributed by atoms with van der Waals surface area (Å²) < 4.78 is 0.820. The van der Waals surface area contributed by atoms with Crippen molar-refractivity contribution in [2.45, 2.75) is 13.8 Å². The zero-order valence-electron chi connectivity index (χ0n) is 18.5. The fraction of sp³-hybridized carbons (Fsp3) is 0.115. The smallest absolute Gasteiger partial charge is 0.283 e. The van der Waals surface area contributed by atoms with Crippen molar-refractivity contribution >= 4 is 62.3 Å². The Kier molecular flexibility index (Phi) is 6.86. The molecule has 0 bridgehead atoms. The Morgan fingerprint density at radius 1 is 1.00 bits per heavy atom. The summed E-state index contributed by atoms with van der Waals surface area (Å²) >= 11 is 9.58. The van der Waals surface area contributed by atoms with Gasteiger partial charge in [-0.15, -0.1) is 0 Å². The van der Waals surface area contributed by atoms with E-state index in [0.717, 1.165) is 20.6 Å². The number of hydrogen-bond acceptors (Lipinski definition) is 4. The Hall–Kier alpha value is -3.42. The molecule has 0 spiro atoms. The fourth-order valence-electron chi connectivity index (χ4n) is 3.71. The average Bonchev–Trinajstić information content (AvgIpc) is 3.03. The molecule has 1 N–H and O–H groups in total. The van der Waals surface area contributed by atoms with E-state index in [1.165, 1.54) is 0 Å². The molecule has 1 aliphatic rings. The van der Waals surface area contributed by atoms with E-state index in [-0.39, 0.29) is 16.6 Å². The van der Waals surface area contributed by atoms with Gasteiger partial charge in [0, 0.05) is 28.0 Å². The first-order chi connectivity index (χ1) is 16.3. The maximum atomic E-state index is 13.2. The molecule has 0 unspecified atom stereocenters. The van der Waals surface area contributed by atoms with E-state index in [4.69, 9.17) is 11.6 Å². The first-order valence-electron chi connectivity index (χ1n) is 10.6. The van der Waals surface area contributed by atoms with Crippen molar-refractivity contribution in [3.63, 3.8) is 0 Å². The molecular weight excluding hydrogens is 518 g/mol. The van der Waals surface area contributed by atoms with Crippen molar-refractivity contribution in [1.82, 2.24) is 0 Å². The normalized spacial score (nSPS) is 13.5. The van der Waals surface area contributed by atoms with Gasteiger partial charge in [0.1, 0.15) is 10.7 Å². The van der Waals surface area contributed by atoms with Crippen LogP contribution in [-0.2, 0) is 9.59 Å². The third-order valence-corrected chi connectivity index (χ3v) is 6.25. The summed E-state index contributed by atoms with van der Waals surface area (Å²) in [5.41, 5.74) is 3.14. The molecule has 1 heterocycles. The molecule has 6 nitrogen and oxygen atoms in total. The average molecular weight is 539 g/mol. The van der Waals surface area contributed by atoms with Gasteiger partial charge in [0.15, 0.2) is 0 Å². The van der Waals surface area contributed by atoms with E-state index in [1.807, 2.05) is 38.1 Å². The number of carbonyl (C=O) groups excluding carboxylic acids is 3. The standard InChI is InChI=1S/C26H21BrClN3O3/c1-3-30(21-9-4-6-16(2)14-21)24(32)17-7-5-8-19(15-17)29-23-22(28)25(33)31(26(23)34)20-12-10-18(27)11-13-20/h4-15,29H,3H2,1-2H3. The molecule has 1 aliphatic heterocycles. The van der Waals surface area contributed by atoms with Crippen molar-refractivity contribution in [3.05, 3.63) is 99.1 Å². The Bertz CT molecular complexity index is 1320. The molecule has 0 aromatic heterocycles. The van der Waals surface area contributed by atoms with Crippen LogP contribution in [0.2, 0.25) is 0 Å². The monoisotopic (exact) mass is 537 g/mol. The lowest BCUT2D eigenvalue weighted by Crippen LogP contribution is -2.32. The lowest BCUT2D eigenvalue weighted by atomic mass is 10.1. The van der Waals surface area contributed by atoms with Crippen LogP contribution in [0.3, 0.4) is 0 Å². The van der Waals surface area contributed by atoms with Gasteiger partial charge < -0.3 is 10.2 Å². The lowest BCUT2D eigenvalue weighted by Gasteiger charge is -2.22. The largest absolute Gasteiger partial charge is 0.350 e. The van der Waals surface area contributed by atoms with Gasteiger partial charge in [0.2, 0.25) is 0 Å². The van der Waals surface area contributed by atoms with Crippen LogP contribution in [0.15, 0.2) is 88.0 Å². The van der Waals surface area contributed by atoms with Gasteiger partial charge in [-0.1, -0.05) is 45.7 Å². The molecule has 0 saturated carbocycles. The minimum Gasteiger partial charge on any atom is -0.350 e. The number of carbonyl (C=O) groups is 3. The molecule has 0 saturated heterocycles. The molecule has 34 heavy (non-hydrogen) atoms. The van der Waals surface area contributed by atoms with E-state index in [2.05, 4.69) is 21.2 Å². The van der Waals surface area contributed by atoms with E-state index in [1.54, 1.807) is 53.4 Å². The third kappa shape index (κ3) is 4.62. The Labute approximate surface area is 210 Å². The minimum absolute atomic E-state index is 0.0368. The molecule has 0 fully saturated rings. The summed E-state index contributed by atoms with van der Waals surface area (Å²) in [7, 11) is 0. The molecule has 0 aliphatic carbocycles. The second kappa shape index (κ2) is 9.83. The van der Waals surface area contributed by atoms with Gasteiger partial charge in [-0.2, -0.15) is 0 Å². The number of imide groups is 1. The zero-order valence-corrected chi connectivity index (χ0v) is 20.9. The van der Waals surface area contributed by atoms with Crippen LogP contribution >= 0.6 is 27.5 Å². The van der Waals surface area contributed by atoms with Gasteiger partial charge >= 0.3 is 0 Å². The number of halogens is 2. The third-order valence-electron chi connectivity index (χ3n) is 5.37. The van der Waals surface area contributed by atoms with Crippen molar-refractivity contribution in [2.75, 3.05) is 21.7 Å². The summed E-state index contributed by atoms with van der Waals surface area (Å²) in [6.45, 7) is 4.37. The van der Waals surface area contributed by atoms with Crippen LogP contribution in [0, 0.1) is 6.92 Å². The highest BCUT2D eigenvalue weighted by Crippen LogP contribution is 2.31. The predicted octanol–water partition coefficient (Wildman–Crippen LogP) is 5.86. The molecule has 0 atom stereocenters. The first-order valence-corrected chi connectivity index (χ1v) is 11.8. The number of nitrogens with one attached hydrogen (secondary N) is 1. The van der Waals surface area contributed by atoms with Crippen LogP contribution in [0.4, 0.5) is 17.1 Å². The van der Waals surface area contributed by atoms with Crippen LogP contribution in [0.5, 0.6) is 0 Å². The SMILES string of the molecule is CCN(C(=O)c1cccc(NC2=C(Cl)C(=O)N(c3ccc(Br)cc3)C2=O)c1)c1cccc(C)c1. The highest BCUT2D eigenvalue weighted by atomic mass is 79.9. The number of anilines is 3. The highest BCUT2D eigenvalue weighted by Gasteiger charge is 2.39. The van der Waals surface area contributed by atoms with Crippen molar-refractivity contribution in [1.29, 1.82) is 0 Å². The van der Waals surface area contributed by atoms with Crippen LogP contribution in [-0.4, -0.2) is 24.3 Å². The topological polar surface area (TPSA) is 69.7 Å². The Balaban J connectivity index is 1.58. The first kappa shape index (κ1) is 23.7. The van der Waals surface area contributed by atoms with Gasteiger partial charge in [0.05, 0.1) is 5.69 Å². The van der Waals surface area contributed by atoms with E-state index in [0.29, 0.717) is 23.5 Å². The van der Waals surface area contributed by atoms with Crippen molar-refractivity contribution in [3.8, 4) is 0 Å². The summed E-state index contributed by atoms with van der Waals surface area (Å²) in [5.74, 6) is -1.36. The molecule has 8 heteroatoms. The number of amides is 3. The van der Waals surface area contributed by atoms with E-state index < -0.39 is 11.8 Å². The number of hydrogen-bond donors (Lipinski definition) is 1. The van der Waals surface area contributed by atoms with E-state index in [9.17, 15) is 14.4 Å². The number of aryl methyl sites for hydroxylation is 1. The quantitative estimate of drug-likeness (QED) is 0.399. The molecular formula is C26H21BrClN3O3. The molecule has 172 valence electrons. The Morgan fingerprint density at radius 2 is 1.71 bits per heavy atom. The van der Waals surface area contributed by atoms with Crippen molar-refractivity contribution < 1.29 is 14.4 Å². The number of rotatable bonds is 6. The van der Waals surface area contributed by atoms with Crippen LogP contribution < -0.4 is 15.1 Å². The summed E-state index contributed by atoms with van der Waals surface area (Å²) in [4.78, 5) is 41.7. The maximum absolute atomic E-state index is 13.2. The highest BCUT2D eigenvalue weighted by molar-refractivity contribution is 9.10. The Morgan fingerprint density at radius 3 is 2.38 bits per heavy atom.